The number of piperidine rings is 1. The molecule has 22 heteroatoms. The number of benzene rings is 2. The molecule has 12 rings (SSSR count). The molecule has 2 bridgehead atoms. The molecule has 5 saturated heterocycles. The Morgan fingerprint density at radius 2 is 1.54 bits per heavy atom. The third-order valence-corrected chi connectivity index (χ3v) is 17.8. The minimum absolute atomic E-state index is 0.0855. The van der Waals surface area contributed by atoms with Crippen molar-refractivity contribution in [2.75, 3.05) is 117 Å². The molecule has 0 radical (unpaired) electrons. The van der Waals surface area contributed by atoms with Crippen molar-refractivity contribution < 1.29 is 33.4 Å². The van der Waals surface area contributed by atoms with Gasteiger partial charge in [0.25, 0.3) is 5.91 Å². The van der Waals surface area contributed by atoms with Crippen LogP contribution in [0.2, 0.25) is 5.02 Å². The number of carbonyl (C=O) groups is 4. The molecule has 2 aromatic carbocycles. The Kier molecular flexibility index (Phi) is 17.0. The van der Waals surface area contributed by atoms with Gasteiger partial charge >= 0.3 is 6.09 Å². The number of fused-ring (bicyclic) bond motifs is 5. The number of halogens is 1. The van der Waals surface area contributed by atoms with E-state index in [-0.39, 0.29) is 23.3 Å². The molecule has 5 aliphatic heterocycles. The number of rotatable bonds is 18. The molecule has 83 heavy (non-hydrogen) atoms. The molecule has 3 N–H and O–H groups in total. The van der Waals surface area contributed by atoms with Crippen molar-refractivity contribution in [3.05, 3.63) is 107 Å². The Morgan fingerprint density at radius 1 is 0.819 bits per heavy atom. The second-order valence-electron chi connectivity index (χ2n) is 24.6. The molecule has 442 valence electrons. The summed E-state index contributed by atoms with van der Waals surface area (Å²) in [5.41, 5.74) is 1.61. The summed E-state index contributed by atoms with van der Waals surface area (Å²) in [6.07, 6.45) is 8.98. The summed E-state index contributed by atoms with van der Waals surface area (Å²) >= 11 is 6.37. The molecule has 4 amide bonds. The number of nitrogens with zero attached hydrogens (tertiary/aromatic N) is 11. The van der Waals surface area contributed by atoms with Crippen molar-refractivity contribution in [2.45, 2.75) is 95.0 Å². The number of para-hydroxylation sites is 1. The van der Waals surface area contributed by atoms with Gasteiger partial charge in [-0.05, 0) is 122 Å². The second-order valence-corrected chi connectivity index (χ2v) is 25.1. The molecule has 6 aromatic rings. The van der Waals surface area contributed by atoms with Crippen molar-refractivity contribution in [3.63, 3.8) is 0 Å². The summed E-state index contributed by atoms with van der Waals surface area (Å²) in [5, 5.41) is 7.87. The van der Waals surface area contributed by atoms with E-state index in [1.165, 1.54) is 6.33 Å². The number of alkyl carbamates (subject to hydrolysis) is 1. The van der Waals surface area contributed by atoms with E-state index in [1.54, 1.807) is 33.2 Å². The van der Waals surface area contributed by atoms with E-state index < -0.39 is 28.7 Å². The van der Waals surface area contributed by atoms with Crippen LogP contribution in [0.5, 0.6) is 5.75 Å². The summed E-state index contributed by atoms with van der Waals surface area (Å²) in [5.74, 6) is 1.42. The molecular weight excluding hydrogens is 1080 g/mol. The molecule has 0 spiro atoms. The van der Waals surface area contributed by atoms with Crippen LogP contribution < -0.4 is 20.3 Å². The summed E-state index contributed by atoms with van der Waals surface area (Å²) in [6.45, 7) is 15.4. The zero-order chi connectivity index (χ0) is 57.9. The van der Waals surface area contributed by atoms with E-state index in [2.05, 4.69) is 50.2 Å². The highest BCUT2D eigenvalue weighted by Gasteiger charge is 2.55. The average molecular weight is 1160 g/mol. The van der Waals surface area contributed by atoms with Crippen LogP contribution in [0.3, 0.4) is 0 Å². The van der Waals surface area contributed by atoms with Crippen molar-refractivity contribution >= 4 is 63.4 Å². The maximum absolute atomic E-state index is 14.8. The number of hydrogen-bond donors (Lipinski definition) is 3. The number of amides is 4. The number of ether oxygens (including phenoxy) is 3. The lowest BCUT2D eigenvalue weighted by Gasteiger charge is -2.55. The molecule has 1 saturated carbocycles. The van der Waals surface area contributed by atoms with Crippen LogP contribution in [0, 0.1) is 5.41 Å². The smallest absolute Gasteiger partial charge is 0.408 e. The Hall–Kier alpha value is -6.91. The minimum atomic E-state index is -1.25. The monoisotopic (exact) mass is 1150 g/mol. The first kappa shape index (κ1) is 57.9. The number of imidazole rings is 1. The Labute approximate surface area is 490 Å². The van der Waals surface area contributed by atoms with E-state index in [0.717, 1.165) is 91.1 Å². The fourth-order valence-corrected chi connectivity index (χ4v) is 12.8. The number of aromatic nitrogens is 6. The number of likely N-dealkylation sites (N-methyl/N-ethyl adjacent to an activating group) is 1. The summed E-state index contributed by atoms with van der Waals surface area (Å²) < 4.78 is 20.6. The van der Waals surface area contributed by atoms with Crippen molar-refractivity contribution in [1.82, 2.24) is 64.6 Å². The predicted octanol–water partition coefficient (Wildman–Crippen LogP) is 6.39. The molecule has 6 aliphatic rings. The van der Waals surface area contributed by atoms with Gasteiger partial charge in [-0.1, -0.05) is 41.9 Å². The number of pyridine rings is 1. The van der Waals surface area contributed by atoms with Crippen molar-refractivity contribution in [2.24, 2.45) is 5.41 Å². The second kappa shape index (κ2) is 24.4. The van der Waals surface area contributed by atoms with Crippen LogP contribution >= 0.6 is 11.6 Å². The lowest BCUT2D eigenvalue weighted by atomic mass is 9.65. The van der Waals surface area contributed by atoms with Gasteiger partial charge in [-0.2, -0.15) is 0 Å². The van der Waals surface area contributed by atoms with E-state index in [1.807, 2.05) is 95.3 Å². The predicted molar refractivity (Wildman–Crippen MR) is 316 cm³/mol. The van der Waals surface area contributed by atoms with Gasteiger partial charge in [0.15, 0.2) is 5.65 Å². The fourth-order valence-electron chi connectivity index (χ4n) is 12.6. The first-order valence-corrected chi connectivity index (χ1v) is 29.8. The highest BCUT2D eigenvalue weighted by atomic mass is 35.5. The highest BCUT2D eigenvalue weighted by Crippen LogP contribution is 2.50. The van der Waals surface area contributed by atoms with Crippen molar-refractivity contribution in [3.8, 4) is 5.75 Å². The molecule has 4 aromatic heterocycles. The summed E-state index contributed by atoms with van der Waals surface area (Å²) in [4.78, 5) is 91.2. The number of carbonyl (C=O) groups excluding carboxylic acids is 4. The van der Waals surface area contributed by atoms with Crippen LogP contribution in [0.1, 0.15) is 93.4 Å². The summed E-state index contributed by atoms with van der Waals surface area (Å²) in [6, 6.07) is 20.7. The standard InChI is InChI=1S/C61H79ClN14O7/c1-58(2,3)83-57(80)69-61(22-26-73(27-23-61)52-46-16-24-63-51(46)64-41-65-52)55(78)68-47(43-10-12-45(62)13-11-43)17-25-71-28-34-75(35-29-71)56(79)59-18-20-60(21-19-59,82-40-59)39-72-30-32-74(33-31-72)54(77)49-15-14-48-53(67-49)76(42-66-48)38-44-8-6-7-9-50(44)81-37-36-70(4)5/h6-16,24,41-42,47H,17-23,25-40H2,1-5H3,(H,68,78)(H,69,80)(H,63,64,65)/t47-,59?,60?/m0/s1. The zero-order valence-corrected chi connectivity index (χ0v) is 49.3. The first-order valence-electron chi connectivity index (χ1n) is 29.4. The van der Waals surface area contributed by atoms with Crippen LogP contribution in [-0.2, 0) is 25.6 Å². The maximum Gasteiger partial charge on any atom is 0.408 e. The minimum Gasteiger partial charge on any atom is -0.492 e. The molecular formula is C61H79ClN14O7. The van der Waals surface area contributed by atoms with Crippen LogP contribution in [0.15, 0.2) is 85.6 Å². The van der Waals surface area contributed by atoms with Gasteiger partial charge in [0.2, 0.25) is 11.8 Å². The number of anilines is 1. The van der Waals surface area contributed by atoms with E-state index >= 15 is 0 Å². The Bertz CT molecular complexity index is 3240. The maximum atomic E-state index is 14.8. The largest absolute Gasteiger partial charge is 0.492 e. The van der Waals surface area contributed by atoms with Gasteiger partial charge in [-0.3, -0.25) is 24.2 Å². The third-order valence-electron chi connectivity index (χ3n) is 17.6. The van der Waals surface area contributed by atoms with Crippen LogP contribution in [0.4, 0.5) is 10.6 Å². The van der Waals surface area contributed by atoms with Crippen LogP contribution in [-0.4, -0.2) is 207 Å². The van der Waals surface area contributed by atoms with Crippen molar-refractivity contribution in [1.29, 1.82) is 0 Å². The normalized spacial score (nSPS) is 21.8. The first-order chi connectivity index (χ1) is 39.9. The quantitative estimate of drug-likeness (QED) is 0.0852. The topological polar surface area (TPSA) is 212 Å². The molecule has 21 nitrogen and oxygen atoms in total. The van der Waals surface area contributed by atoms with Gasteiger partial charge < -0.3 is 54.0 Å². The summed E-state index contributed by atoms with van der Waals surface area (Å²) in [7, 11) is 4.05. The van der Waals surface area contributed by atoms with Gasteiger partial charge in [-0.15, -0.1) is 0 Å². The fraction of sp³-hybridized carbons (Fsp3) is 0.541. The SMILES string of the molecule is CN(C)CCOc1ccccc1Cn1cnc2ccc(C(=O)N3CCN(CC45CCC(C(=O)N6CCN(CC[C@H](NC(=O)C7(NC(=O)OC(C)(C)C)CCN(c8ncnc9[nH]ccc89)CC7)c7ccc(Cl)cc7)CC6)(CC4)CO5)CC3)nc21. The van der Waals surface area contributed by atoms with E-state index in [0.29, 0.717) is 114 Å². The molecule has 1 atom stereocenters. The van der Waals surface area contributed by atoms with Gasteiger partial charge in [0.1, 0.15) is 52.5 Å². The van der Waals surface area contributed by atoms with Gasteiger partial charge in [0.05, 0.1) is 41.9 Å². The van der Waals surface area contributed by atoms with E-state index in [4.69, 9.17) is 30.8 Å². The lowest BCUT2D eigenvalue weighted by molar-refractivity contribution is -0.203. The molecule has 6 fully saturated rings. The Morgan fingerprint density at radius 3 is 2.25 bits per heavy atom. The number of nitrogens with one attached hydrogen (secondary N) is 3. The molecule has 9 heterocycles. The lowest BCUT2D eigenvalue weighted by Crippen LogP contribution is -2.64. The number of H-pyrrole nitrogens is 1. The molecule has 0 unspecified atom stereocenters. The van der Waals surface area contributed by atoms with Crippen LogP contribution in [0.25, 0.3) is 22.2 Å². The van der Waals surface area contributed by atoms with Gasteiger partial charge in [0, 0.05) is 102 Å². The average Bonchev–Trinajstić information content (AvgIpc) is 3.74. The Balaban J connectivity index is 0.656. The third kappa shape index (κ3) is 13.1. The number of aromatic amines is 1. The number of piperazine rings is 2. The highest BCUT2D eigenvalue weighted by molar-refractivity contribution is 6.30. The van der Waals surface area contributed by atoms with Gasteiger partial charge in [-0.25, -0.2) is 24.7 Å². The number of hydrogen-bond acceptors (Lipinski definition) is 15. The van der Waals surface area contributed by atoms with E-state index in [9.17, 15) is 19.2 Å². The molecule has 1 aliphatic carbocycles. The zero-order valence-electron chi connectivity index (χ0n) is 48.6.